The highest BCUT2D eigenvalue weighted by Gasteiger charge is 2.24. The molecular weight excluding hydrogens is 543 g/mol. The van der Waals surface area contributed by atoms with Crippen LogP contribution in [0.15, 0.2) is 166 Å². The zero-order valence-electron chi connectivity index (χ0n) is 23.2. The monoisotopic (exact) mass is 567 g/mol. The number of rotatable bonds is 5. The summed E-state index contributed by atoms with van der Waals surface area (Å²) in [7, 11) is 0. The lowest BCUT2D eigenvalue weighted by molar-refractivity contribution is 0.670. The van der Waals surface area contributed by atoms with Crippen LogP contribution in [0.3, 0.4) is 0 Å². The molecule has 3 heteroatoms. The maximum atomic E-state index is 6.61. The fourth-order valence-electron chi connectivity index (χ4n) is 6.47. The van der Waals surface area contributed by atoms with Crippen LogP contribution in [0.25, 0.3) is 55.0 Å². The summed E-state index contributed by atoms with van der Waals surface area (Å²) < 4.78 is 6.61. The second-order valence-electron chi connectivity index (χ2n) is 11.0. The van der Waals surface area contributed by atoms with Gasteiger partial charge in [-0.2, -0.15) is 0 Å². The van der Waals surface area contributed by atoms with Crippen LogP contribution >= 0.6 is 11.8 Å². The van der Waals surface area contributed by atoms with Gasteiger partial charge in [-0.05, 0) is 82.7 Å². The minimum absolute atomic E-state index is 0.952. The van der Waals surface area contributed by atoms with Crippen molar-refractivity contribution >= 4 is 61.5 Å². The van der Waals surface area contributed by atoms with Crippen LogP contribution in [0.5, 0.6) is 0 Å². The number of nitrogens with zero attached hydrogens (tertiary/aromatic N) is 1. The topological polar surface area (TPSA) is 16.4 Å². The smallest absolute Gasteiger partial charge is 0.143 e. The van der Waals surface area contributed by atoms with Crippen LogP contribution in [0.4, 0.5) is 17.1 Å². The highest BCUT2D eigenvalue weighted by Crippen LogP contribution is 2.51. The van der Waals surface area contributed by atoms with Crippen molar-refractivity contribution in [2.75, 3.05) is 4.90 Å². The number of furan rings is 1. The van der Waals surface area contributed by atoms with Crippen LogP contribution in [0, 0.1) is 0 Å². The normalized spacial score (nSPS) is 12.1. The van der Waals surface area contributed by atoms with E-state index >= 15 is 0 Å². The van der Waals surface area contributed by atoms with Gasteiger partial charge in [0.2, 0.25) is 0 Å². The molecule has 0 atom stereocenters. The van der Waals surface area contributed by atoms with Crippen LogP contribution in [-0.4, -0.2) is 0 Å². The molecule has 0 saturated carbocycles. The van der Waals surface area contributed by atoms with Gasteiger partial charge in [-0.25, -0.2) is 0 Å². The molecule has 1 aliphatic heterocycles. The summed E-state index contributed by atoms with van der Waals surface area (Å²) in [5.74, 6) is 0. The molecule has 9 rings (SSSR count). The summed E-state index contributed by atoms with van der Waals surface area (Å²) in [5.41, 5.74) is 9.91. The van der Waals surface area contributed by atoms with E-state index in [0.29, 0.717) is 0 Å². The molecule has 0 amide bonds. The van der Waals surface area contributed by atoms with Crippen molar-refractivity contribution in [2.24, 2.45) is 0 Å². The Kier molecular flexibility index (Phi) is 5.47. The largest absolute Gasteiger partial charge is 0.455 e. The standard InChI is InChI=1S/C40H25NOS/c1-3-10-26(11-4-1)28-12-7-16-32(24-28)41(30-14-5-2-6-15-30)31-22-20-27(21-23-31)33-25-29-13-8-18-35-37(29)39-38-34(42-40(33)39)17-9-19-36(38)43-35/h1-25H. The molecule has 8 aromatic rings. The van der Waals surface area contributed by atoms with E-state index in [4.69, 9.17) is 4.42 Å². The number of para-hydroxylation sites is 1. The number of hydrogen-bond acceptors (Lipinski definition) is 3. The first kappa shape index (κ1) is 24.4. The van der Waals surface area contributed by atoms with Gasteiger partial charge in [-0.15, -0.1) is 0 Å². The maximum absolute atomic E-state index is 6.61. The van der Waals surface area contributed by atoms with Crippen LogP contribution in [0.1, 0.15) is 0 Å². The lowest BCUT2D eigenvalue weighted by Gasteiger charge is -2.26. The summed E-state index contributed by atoms with van der Waals surface area (Å²) >= 11 is 1.84. The molecule has 2 heterocycles. The van der Waals surface area contributed by atoms with Crippen LogP contribution in [0.2, 0.25) is 0 Å². The average molecular weight is 568 g/mol. The van der Waals surface area contributed by atoms with Crippen molar-refractivity contribution in [2.45, 2.75) is 9.79 Å². The van der Waals surface area contributed by atoms with E-state index in [1.807, 2.05) is 11.8 Å². The Morgan fingerprint density at radius 1 is 0.442 bits per heavy atom. The quantitative estimate of drug-likeness (QED) is 0.206. The molecule has 0 fully saturated rings. The third-order valence-corrected chi connectivity index (χ3v) is 9.53. The van der Waals surface area contributed by atoms with E-state index in [-0.39, 0.29) is 0 Å². The summed E-state index contributed by atoms with van der Waals surface area (Å²) in [6, 6.07) is 54.1. The SMILES string of the molecule is c1ccc(-c2cccc(N(c3ccccc3)c3ccc(-c4cc5cccc6c5c5c4oc4cccc(c45)S6)cc3)c2)cc1. The third-order valence-electron chi connectivity index (χ3n) is 8.41. The first-order valence-electron chi connectivity index (χ1n) is 14.5. The Balaban J connectivity index is 1.20. The predicted octanol–water partition coefficient (Wildman–Crippen LogP) is 12.0. The van der Waals surface area contributed by atoms with E-state index in [1.165, 1.54) is 42.5 Å². The van der Waals surface area contributed by atoms with Crippen molar-refractivity contribution in [3.8, 4) is 22.3 Å². The Bertz CT molecular complexity index is 2300. The van der Waals surface area contributed by atoms with Gasteiger partial charge in [0, 0.05) is 48.6 Å². The molecule has 1 aliphatic rings. The van der Waals surface area contributed by atoms with E-state index in [0.717, 1.165) is 39.4 Å². The zero-order chi connectivity index (χ0) is 28.3. The average Bonchev–Trinajstić information content (AvgIpc) is 3.47. The predicted molar refractivity (Wildman–Crippen MR) is 181 cm³/mol. The highest BCUT2D eigenvalue weighted by atomic mass is 32.2. The third kappa shape index (κ3) is 3.89. The van der Waals surface area contributed by atoms with Crippen molar-refractivity contribution in [1.29, 1.82) is 0 Å². The minimum Gasteiger partial charge on any atom is -0.455 e. The Hall–Kier alpha value is -5.25. The van der Waals surface area contributed by atoms with Gasteiger partial charge >= 0.3 is 0 Å². The maximum Gasteiger partial charge on any atom is 0.143 e. The molecule has 43 heavy (non-hydrogen) atoms. The number of hydrogen-bond donors (Lipinski definition) is 0. The molecule has 0 radical (unpaired) electrons. The van der Waals surface area contributed by atoms with Crippen molar-refractivity contribution in [1.82, 2.24) is 0 Å². The van der Waals surface area contributed by atoms with E-state index in [2.05, 4.69) is 157 Å². The Labute approximate surface area is 253 Å². The fourth-order valence-corrected chi connectivity index (χ4v) is 7.63. The molecular formula is C40H25NOS. The van der Waals surface area contributed by atoms with Crippen molar-refractivity contribution < 1.29 is 4.42 Å². The second kappa shape index (κ2) is 9.65. The lowest BCUT2D eigenvalue weighted by atomic mass is 9.96. The molecule has 1 aromatic heterocycles. The van der Waals surface area contributed by atoms with Gasteiger partial charge in [-0.1, -0.05) is 103 Å². The lowest BCUT2D eigenvalue weighted by Crippen LogP contribution is -2.09. The van der Waals surface area contributed by atoms with Gasteiger partial charge in [0.15, 0.2) is 0 Å². The summed E-state index contributed by atoms with van der Waals surface area (Å²) in [4.78, 5) is 4.88. The summed E-state index contributed by atoms with van der Waals surface area (Å²) in [6.07, 6.45) is 0. The molecule has 0 spiro atoms. The molecule has 2 nitrogen and oxygen atoms in total. The van der Waals surface area contributed by atoms with Gasteiger partial charge in [0.25, 0.3) is 0 Å². The first-order valence-corrected chi connectivity index (χ1v) is 15.3. The molecule has 0 unspecified atom stereocenters. The fraction of sp³-hybridized carbons (Fsp3) is 0. The summed E-state index contributed by atoms with van der Waals surface area (Å²) in [6.45, 7) is 0. The van der Waals surface area contributed by atoms with Gasteiger partial charge in [0.05, 0.1) is 0 Å². The van der Waals surface area contributed by atoms with Crippen molar-refractivity contribution in [3.05, 3.63) is 152 Å². The zero-order valence-corrected chi connectivity index (χ0v) is 24.0. The van der Waals surface area contributed by atoms with Gasteiger partial charge in [-0.3, -0.25) is 0 Å². The minimum atomic E-state index is 0.952. The second-order valence-corrected chi connectivity index (χ2v) is 12.0. The molecule has 0 bridgehead atoms. The molecule has 0 N–H and O–H groups in total. The van der Waals surface area contributed by atoms with E-state index in [9.17, 15) is 0 Å². The van der Waals surface area contributed by atoms with E-state index < -0.39 is 0 Å². The number of benzene rings is 7. The molecule has 202 valence electrons. The van der Waals surface area contributed by atoms with E-state index in [1.54, 1.807) is 0 Å². The van der Waals surface area contributed by atoms with Gasteiger partial charge in [0.1, 0.15) is 11.2 Å². The molecule has 0 aliphatic carbocycles. The Morgan fingerprint density at radius 2 is 1.09 bits per heavy atom. The molecule has 0 saturated heterocycles. The van der Waals surface area contributed by atoms with Crippen LogP contribution < -0.4 is 4.90 Å². The Morgan fingerprint density at radius 3 is 1.91 bits per heavy atom. The highest BCUT2D eigenvalue weighted by molar-refractivity contribution is 8.00. The van der Waals surface area contributed by atoms with Gasteiger partial charge < -0.3 is 9.32 Å². The molecule has 7 aromatic carbocycles. The van der Waals surface area contributed by atoms with Crippen LogP contribution in [-0.2, 0) is 0 Å². The van der Waals surface area contributed by atoms with Crippen molar-refractivity contribution in [3.63, 3.8) is 0 Å². The number of anilines is 3. The first-order chi connectivity index (χ1) is 21.3. The summed E-state index contributed by atoms with van der Waals surface area (Å²) in [5, 5.41) is 5.02.